The van der Waals surface area contributed by atoms with E-state index in [2.05, 4.69) is 12.3 Å². The van der Waals surface area contributed by atoms with Crippen LogP contribution in [0.1, 0.15) is 11.1 Å². The largest absolute Gasteiger partial charge is 0.496 e. The van der Waals surface area contributed by atoms with Crippen molar-refractivity contribution in [3.8, 4) is 5.75 Å². The molecule has 1 heteroatoms. The third-order valence-corrected chi connectivity index (χ3v) is 1.65. The quantitative estimate of drug-likeness (QED) is 0.604. The summed E-state index contributed by atoms with van der Waals surface area (Å²) in [7, 11) is 1.66. The zero-order valence-electron chi connectivity index (χ0n) is 7.42. The number of aryl methyl sites for hydroxylation is 1. The molecule has 0 unspecified atom stereocenters. The molecule has 0 heterocycles. The van der Waals surface area contributed by atoms with Gasteiger partial charge in [-0.05, 0) is 24.6 Å². The number of hydrogen-bond donors (Lipinski definition) is 0. The van der Waals surface area contributed by atoms with Crippen molar-refractivity contribution in [3.63, 3.8) is 0 Å². The van der Waals surface area contributed by atoms with Gasteiger partial charge in [0.1, 0.15) is 5.75 Å². The van der Waals surface area contributed by atoms with E-state index in [1.807, 2.05) is 25.1 Å². The molecule has 1 nitrogen and oxygen atoms in total. The molecule has 0 aliphatic carbocycles. The van der Waals surface area contributed by atoms with E-state index in [1.165, 1.54) is 5.56 Å². The average molecular weight is 160 g/mol. The van der Waals surface area contributed by atoms with Gasteiger partial charge in [-0.25, -0.2) is 0 Å². The Morgan fingerprint density at radius 3 is 2.83 bits per heavy atom. The van der Waals surface area contributed by atoms with E-state index in [9.17, 15) is 0 Å². The van der Waals surface area contributed by atoms with Crippen LogP contribution >= 0.6 is 0 Å². The van der Waals surface area contributed by atoms with E-state index in [4.69, 9.17) is 4.74 Å². The van der Waals surface area contributed by atoms with Gasteiger partial charge in [-0.15, -0.1) is 5.73 Å². The molecule has 0 N–H and O–H groups in total. The molecule has 0 radical (unpaired) electrons. The highest BCUT2D eigenvalue weighted by Crippen LogP contribution is 2.20. The lowest BCUT2D eigenvalue weighted by atomic mass is 10.1. The van der Waals surface area contributed by atoms with Gasteiger partial charge in [0.05, 0.1) is 7.11 Å². The minimum atomic E-state index is 0.867. The molecule has 0 aliphatic rings. The van der Waals surface area contributed by atoms with Crippen molar-refractivity contribution in [1.29, 1.82) is 0 Å². The summed E-state index contributed by atoms with van der Waals surface area (Å²) in [6.45, 7) is 5.55. The van der Waals surface area contributed by atoms with Crippen LogP contribution < -0.4 is 4.74 Å². The lowest BCUT2D eigenvalue weighted by molar-refractivity contribution is 0.413. The minimum absolute atomic E-state index is 0.867. The van der Waals surface area contributed by atoms with Gasteiger partial charge in [-0.2, -0.15) is 0 Å². The maximum Gasteiger partial charge on any atom is 0.126 e. The molecule has 0 atom stereocenters. The Labute approximate surface area is 73.0 Å². The summed E-state index contributed by atoms with van der Waals surface area (Å²) in [4.78, 5) is 0. The van der Waals surface area contributed by atoms with Crippen molar-refractivity contribution in [3.05, 3.63) is 41.6 Å². The second-order valence-electron chi connectivity index (χ2n) is 2.59. The molecule has 0 aliphatic heterocycles. The molecule has 0 fully saturated rings. The predicted molar refractivity (Wildman–Crippen MR) is 51.3 cm³/mol. The summed E-state index contributed by atoms with van der Waals surface area (Å²) in [5.74, 6) is 0.867. The second-order valence-corrected chi connectivity index (χ2v) is 2.59. The molecule has 0 saturated heterocycles. The van der Waals surface area contributed by atoms with Crippen LogP contribution in [0.15, 0.2) is 30.5 Å². The third kappa shape index (κ3) is 1.77. The lowest BCUT2D eigenvalue weighted by Crippen LogP contribution is -1.87. The van der Waals surface area contributed by atoms with Gasteiger partial charge in [0.25, 0.3) is 0 Å². The van der Waals surface area contributed by atoms with Crippen LogP contribution in [0.3, 0.4) is 0 Å². The lowest BCUT2D eigenvalue weighted by Gasteiger charge is -2.04. The van der Waals surface area contributed by atoms with E-state index >= 15 is 0 Å². The fourth-order valence-electron chi connectivity index (χ4n) is 1.05. The maximum atomic E-state index is 5.18. The van der Waals surface area contributed by atoms with E-state index in [0.29, 0.717) is 0 Å². The maximum absolute atomic E-state index is 5.18. The summed E-state index contributed by atoms with van der Waals surface area (Å²) in [5.41, 5.74) is 4.92. The first-order chi connectivity index (χ1) is 5.77. The van der Waals surface area contributed by atoms with Crippen LogP contribution in [-0.2, 0) is 0 Å². The average Bonchev–Trinajstić information content (AvgIpc) is 2.08. The van der Waals surface area contributed by atoms with Crippen molar-refractivity contribution in [2.45, 2.75) is 6.92 Å². The van der Waals surface area contributed by atoms with Gasteiger partial charge in [0.15, 0.2) is 0 Å². The number of rotatable bonds is 2. The van der Waals surface area contributed by atoms with Gasteiger partial charge in [-0.3, -0.25) is 0 Å². The molecule has 62 valence electrons. The van der Waals surface area contributed by atoms with Crippen molar-refractivity contribution in [1.82, 2.24) is 0 Å². The fourth-order valence-corrected chi connectivity index (χ4v) is 1.05. The van der Waals surface area contributed by atoms with E-state index < -0.39 is 0 Å². The molecule has 1 aromatic rings. The molecule has 12 heavy (non-hydrogen) atoms. The van der Waals surface area contributed by atoms with Gasteiger partial charge in [0.2, 0.25) is 0 Å². The Kier molecular flexibility index (Phi) is 2.73. The number of benzene rings is 1. The summed E-state index contributed by atoms with van der Waals surface area (Å²) < 4.78 is 5.18. The van der Waals surface area contributed by atoms with Crippen molar-refractivity contribution in [2.24, 2.45) is 0 Å². The predicted octanol–water partition coefficient (Wildman–Crippen LogP) is 2.80. The van der Waals surface area contributed by atoms with Crippen LogP contribution in [-0.4, -0.2) is 7.11 Å². The van der Waals surface area contributed by atoms with Crippen LogP contribution in [0, 0.1) is 6.92 Å². The summed E-state index contributed by atoms with van der Waals surface area (Å²) in [6.07, 6.45) is 1.80. The monoisotopic (exact) mass is 160 g/mol. The van der Waals surface area contributed by atoms with Gasteiger partial charge in [0, 0.05) is 5.56 Å². The Balaban J connectivity index is 3.19. The molecular formula is C11H12O. The first-order valence-electron chi connectivity index (χ1n) is 3.78. The molecule has 1 rings (SSSR count). The molecular weight excluding hydrogens is 148 g/mol. The van der Waals surface area contributed by atoms with E-state index in [-0.39, 0.29) is 0 Å². The molecule has 0 spiro atoms. The molecule has 0 bridgehead atoms. The minimum Gasteiger partial charge on any atom is -0.496 e. The van der Waals surface area contributed by atoms with Crippen molar-refractivity contribution < 1.29 is 4.74 Å². The zero-order chi connectivity index (χ0) is 8.97. The first kappa shape index (κ1) is 8.63. The topological polar surface area (TPSA) is 9.23 Å². The summed E-state index contributed by atoms with van der Waals surface area (Å²) >= 11 is 0. The first-order valence-corrected chi connectivity index (χ1v) is 3.78. The fraction of sp³-hybridized carbons (Fsp3) is 0.182. The smallest absolute Gasteiger partial charge is 0.126 e. The Morgan fingerprint density at radius 1 is 1.50 bits per heavy atom. The van der Waals surface area contributed by atoms with Crippen LogP contribution in [0.4, 0.5) is 0 Å². The van der Waals surface area contributed by atoms with Crippen LogP contribution in [0.25, 0.3) is 6.08 Å². The van der Waals surface area contributed by atoms with E-state index in [0.717, 1.165) is 11.3 Å². The molecule has 0 amide bonds. The van der Waals surface area contributed by atoms with E-state index in [1.54, 1.807) is 13.2 Å². The highest BCUT2D eigenvalue weighted by molar-refractivity contribution is 5.57. The van der Waals surface area contributed by atoms with Crippen molar-refractivity contribution >= 4 is 6.08 Å². The summed E-state index contributed by atoms with van der Waals surface area (Å²) in [5, 5.41) is 0. The van der Waals surface area contributed by atoms with Crippen molar-refractivity contribution in [2.75, 3.05) is 7.11 Å². The highest BCUT2D eigenvalue weighted by Gasteiger charge is 1.97. The third-order valence-electron chi connectivity index (χ3n) is 1.65. The van der Waals surface area contributed by atoms with Gasteiger partial charge >= 0.3 is 0 Å². The van der Waals surface area contributed by atoms with Gasteiger partial charge in [-0.1, -0.05) is 18.7 Å². The normalized spacial score (nSPS) is 8.83. The Hall–Kier alpha value is -1.46. The number of methoxy groups -OCH3 is 1. The Morgan fingerprint density at radius 2 is 2.25 bits per heavy atom. The molecule has 1 aromatic carbocycles. The van der Waals surface area contributed by atoms with Gasteiger partial charge < -0.3 is 4.74 Å². The highest BCUT2D eigenvalue weighted by atomic mass is 16.5. The standard InChI is InChI=1S/C11H12O/c1-4-5-10-7-6-9(2)8-11(10)12-3/h5-8H,1H2,2-3H3. The SMILES string of the molecule is C=C=Cc1ccc(C)cc1OC. The van der Waals surface area contributed by atoms with Crippen LogP contribution in [0.5, 0.6) is 5.75 Å². The second kappa shape index (κ2) is 3.80. The molecule has 0 saturated carbocycles. The summed E-state index contributed by atoms with van der Waals surface area (Å²) in [6, 6.07) is 6.02. The van der Waals surface area contributed by atoms with Crippen LogP contribution in [0.2, 0.25) is 0 Å². The Bertz CT molecular complexity index is 320. The molecule has 0 aromatic heterocycles. The zero-order valence-corrected chi connectivity index (χ0v) is 7.42. The number of hydrogen-bond acceptors (Lipinski definition) is 1. The number of ether oxygens (including phenoxy) is 1.